The molecule has 2 aromatic carbocycles. The van der Waals surface area contributed by atoms with Crippen LogP contribution >= 0.6 is 0 Å². The maximum Gasteiger partial charge on any atom is 0.519 e. The lowest BCUT2D eigenvalue weighted by Crippen LogP contribution is -2.37. The molecule has 5 rings (SSSR count). The van der Waals surface area contributed by atoms with Crippen molar-refractivity contribution >= 4 is 35.9 Å². The Balaban J connectivity index is 0.000000292. The molecule has 0 bridgehead atoms. The number of aromatic nitrogens is 1. The third-order valence-electron chi connectivity index (χ3n) is 7.76. The average Bonchev–Trinajstić information content (AvgIpc) is 3.72. The Morgan fingerprint density at radius 3 is 1.51 bits per heavy atom. The number of pyridine rings is 1. The van der Waals surface area contributed by atoms with Gasteiger partial charge in [0, 0.05) is 82.1 Å². The maximum absolute atomic E-state index is 13.8. The van der Waals surface area contributed by atoms with Crippen LogP contribution in [0.5, 0.6) is 0 Å². The summed E-state index contributed by atoms with van der Waals surface area (Å²) in [5, 5.41) is 2.48. The van der Waals surface area contributed by atoms with E-state index in [1.54, 1.807) is 74.7 Å². The van der Waals surface area contributed by atoms with Crippen molar-refractivity contribution in [1.29, 1.82) is 0 Å². The van der Waals surface area contributed by atoms with E-state index >= 15 is 0 Å². The van der Waals surface area contributed by atoms with Crippen LogP contribution in [-0.2, 0) is 28.5 Å². The first-order valence-electron chi connectivity index (χ1n) is 18.8. The van der Waals surface area contributed by atoms with Gasteiger partial charge in [-0.15, -0.1) is 0 Å². The number of nitrogens with one attached hydrogen (secondary N) is 1. The summed E-state index contributed by atoms with van der Waals surface area (Å²) < 4.78 is 98.2. The molecule has 1 aromatic heterocycles. The van der Waals surface area contributed by atoms with Crippen molar-refractivity contribution in [2.45, 2.75) is 104 Å². The zero-order valence-electron chi connectivity index (χ0n) is 35.9. The van der Waals surface area contributed by atoms with Crippen LogP contribution in [0.2, 0.25) is 0 Å². The lowest BCUT2D eigenvalue weighted by atomic mass is 9.97. The molecule has 0 saturated carbocycles. The highest BCUT2D eigenvalue weighted by Crippen LogP contribution is 2.32. The van der Waals surface area contributed by atoms with Gasteiger partial charge in [0.1, 0.15) is 28.4 Å². The van der Waals surface area contributed by atoms with Gasteiger partial charge in [-0.3, -0.25) is 14.6 Å². The third kappa shape index (κ3) is 18.1. The molecule has 0 unspecified atom stereocenters. The molecule has 19 heteroatoms. The predicted octanol–water partition coefficient (Wildman–Crippen LogP) is 9.08. The van der Waals surface area contributed by atoms with E-state index in [1.807, 2.05) is 31.1 Å². The van der Waals surface area contributed by atoms with Gasteiger partial charge in [-0.25, -0.2) is 45.6 Å². The number of imide groups is 1. The van der Waals surface area contributed by atoms with E-state index in [9.17, 15) is 50.3 Å². The first-order valence-corrected chi connectivity index (χ1v) is 18.8. The van der Waals surface area contributed by atoms with Crippen molar-refractivity contribution in [3.05, 3.63) is 94.8 Å². The molecule has 2 aliphatic heterocycles. The number of ether oxygens (including phenoxy) is 4. The minimum atomic E-state index is -1.32. The number of rotatable bonds is 3. The molecule has 0 spiro atoms. The number of carbonyl (C=O) groups excluding carboxylic acids is 5. The molecule has 336 valence electrons. The summed E-state index contributed by atoms with van der Waals surface area (Å²) in [6, 6.07) is 6.64. The number of hydrogen-bond acceptors (Lipinski definition) is 11. The summed E-state index contributed by atoms with van der Waals surface area (Å²) in [4.78, 5) is 63.5. The highest BCUT2D eigenvalue weighted by molar-refractivity contribution is 5.94. The molecule has 2 aliphatic rings. The fraction of sp³-hybridized carbons (Fsp3) is 0.476. The van der Waals surface area contributed by atoms with Crippen LogP contribution in [-0.4, -0.2) is 84.1 Å². The first-order chi connectivity index (χ1) is 28.0. The molecule has 3 aromatic rings. The fourth-order valence-corrected chi connectivity index (χ4v) is 5.23. The van der Waals surface area contributed by atoms with E-state index in [-0.39, 0.29) is 43.0 Å². The Kier molecular flexibility index (Phi) is 18.1. The normalized spacial score (nSPS) is 16.0. The van der Waals surface area contributed by atoms with Gasteiger partial charge in [0.25, 0.3) is 0 Å². The summed E-state index contributed by atoms with van der Waals surface area (Å²) in [6.07, 6.45) is 0.467. The zero-order chi connectivity index (χ0) is 46.6. The standard InChI is InChI=1S/C15H16F3NO3.C10H8F3NO.C10H18O5.C7H10N2/c1-15(2,3)22-14(21)19-7-8(4-12(19)20)10-5-9(16)6-11(17)13(10)18;11-6-2-7(10(13)8(12)3-6)5-1-9(15)14-4-5;1-9(2,3)14-7(11)13-8(12)15-10(4,5)6;1-9(2)7-3-5-8-6-4-7/h5-6,8H,4,7H2,1-3H3;2-3,5H,1,4H2,(H,14,15);1-6H3;3-6H,1-2H3/t8-;5-;;/m00../s1. The van der Waals surface area contributed by atoms with E-state index in [1.165, 1.54) is 5.69 Å². The quantitative estimate of drug-likeness (QED) is 0.0882. The van der Waals surface area contributed by atoms with Crippen molar-refractivity contribution in [1.82, 2.24) is 15.2 Å². The number of likely N-dealkylation sites (tertiary alicyclic amines) is 1. The topological polar surface area (TPSA) is 154 Å². The minimum Gasteiger partial charge on any atom is -0.443 e. The van der Waals surface area contributed by atoms with Crippen molar-refractivity contribution in [3.8, 4) is 0 Å². The Labute approximate surface area is 350 Å². The second-order valence-corrected chi connectivity index (χ2v) is 16.8. The van der Waals surface area contributed by atoms with Crippen molar-refractivity contribution in [3.63, 3.8) is 0 Å². The number of carbonyl (C=O) groups is 5. The Hall–Kier alpha value is -5.88. The van der Waals surface area contributed by atoms with Crippen molar-refractivity contribution < 1.29 is 69.3 Å². The lowest BCUT2D eigenvalue weighted by molar-refractivity contribution is -0.127. The van der Waals surface area contributed by atoms with Crippen LogP contribution in [0.1, 0.15) is 98.1 Å². The van der Waals surface area contributed by atoms with E-state index in [4.69, 9.17) is 14.2 Å². The van der Waals surface area contributed by atoms with Gasteiger partial charge in [-0.2, -0.15) is 0 Å². The average molecular weight is 871 g/mol. The highest BCUT2D eigenvalue weighted by Gasteiger charge is 2.39. The molecule has 2 atom stereocenters. The van der Waals surface area contributed by atoms with E-state index in [2.05, 4.69) is 15.0 Å². The second-order valence-electron chi connectivity index (χ2n) is 16.8. The summed E-state index contributed by atoms with van der Waals surface area (Å²) in [7, 11) is 4.02. The highest BCUT2D eigenvalue weighted by atomic mass is 19.2. The van der Waals surface area contributed by atoms with Crippen LogP contribution in [0.25, 0.3) is 0 Å². The molecule has 61 heavy (non-hydrogen) atoms. The number of nitrogens with zero attached hydrogens (tertiary/aromatic N) is 3. The number of benzene rings is 2. The number of anilines is 1. The molecule has 2 saturated heterocycles. The smallest absolute Gasteiger partial charge is 0.443 e. The van der Waals surface area contributed by atoms with Crippen LogP contribution in [0.4, 0.5) is 46.4 Å². The van der Waals surface area contributed by atoms with Gasteiger partial charge in [0.2, 0.25) is 11.8 Å². The van der Waals surface area contributed by atoms with E-state index in [0.29, 0.717) is 12.1 Å². The number of halogens is 6. The van der Waals surface area contributed by atoms with Gasteiger partial charge in [-0.05, 0) is 97.7 Å². The van der Waals surface area contributed by atoms with Crippen molar-refractivity contribution in [2.75, 3.05) is 32.1 Å². The summed E-state index contributed by atoms with van der Waals surface area (Å²) in [6.45, 7) is 15.0. The summed E-state index contributed by atoms with van der Waals surface area (Å²) in [5.74, 6) is -8.66. The van der Waals surface area contributed by atoms with E-state index in [0.717, 1.165) is 17.0 Å². The van der Waals surface area contributed by atoms with Crippen LogP contribution in [0, 0.1) is 34.9 Å². The molecule has 3 amide bonds. The molecule has 0 radical (unpaired) electrons. The van der Waals surface area contributed by atoms with Crippen molar-refractivity contribution in [2.24, 2.45) is 0 Å². The molecule has 1 N–H and O–H groups in total. The predicted molar refractivity (Wildman–Crippen MR) is 210 cm³/mol. The van der Waals surface area contributed by atoms with Gasteiger partial charge < -0.3 is 29.2 Å². The second kappa shape index (κ2) is 21.6. The van der Waals surface area contributed by atoms with Gasteiger partial charge >= 0.3 is 18.4 Å². The molecule has 13 nitrogen and oxygen atoms in total. The van der Waals surface area contributed by atoms with Crippen LogP contribution in [0.15, 0.2) is 48.8 Å². The first kappa shape index (κ1) is 51.3. The summed E-state index contributed by atoms with van der Waals surface area (Å²) >= 11 is 0. The third-order valence-corrected chi connectivity index (χ3v) is 7.76. The Morgan fingerprint density at radius 1 is 0.689 bits per heavy atom. The minimum absolute atomic E-state index is 0.0693. The van der Waals surface area contributed by atoms with Gasteiger partial charge in [-0.1, -0.05) is 0 Å². The lowest BCUT2D eigenvalue weighted by Gasteiger charge is -2.23. The Bertz CT molecular complexity index is 1990. The van der Waals surface area contributed by atoms with E-state index < -0.39 is 87.9 Å². The van der Waals surface area contributed by atoms with Crippen LogP contribution < -0.4 is 10.2 Å². The largest absolute Gasteiger partial charge is 0.519 e. The molecule has 2 fully saturated rings. The van der Waals surface area contributed by atoms with Gasteiger partial charge in [0.05, 0.1) is 0 Å². The number of hydrogen-bond donors (Lipinski definition) is 1. The fourth-order valence-electron chi connectivity index (χ4n) is 5.23. The Morgan fingerprint density at radius 2 is 1.13 bits per heavy atom. The molecule has 3 heterocycles. The molecular formula is C42H52F6N4O9. The molecule has 0 aliphatic carbocycles. The molecular weight excluding hydrogens is 818 g/mol. The zero-order valence-corrected chi connectivity index (χ0v) is 35.9. The van der Waals surface area contributed by atoms with Crippen LogP contribution in [0.3, 0.4) is 0 Å². The van der Waals surface area contributed by atoms with Gasteiger partial charge in [0.15, 0.2) is 23.3 Å². The summed E-state index contributed by atoms with van der Waals surface area (Å²) in [5.41, 5.74) is -1.32. The maximum atomic E-state index is 13.8. The number of amides is 3. The SMILES string of the molecule is CC(C)(C)OC(=O)N1C[C@@H](c2cc(F)cc(F)c2F)CC1=O.CC(C)(C)OC(=O)OC(=O)OC(C)(C)C.CN(C)c1ccncc1.O=C1C[C@H](c2cc(F)cc(F)c2F)CN1. The monoisotopic (exact) mass is 870 g/mol.